The van der Waals surface area contributed by atoms with E-state index in [-0.39, 0.29) is 5.56 Å². The fourth-order valence-electron chi connectivity index (χ4n) is 3.92. The van der Waals surface area contributed by atoms with Gasteiger partial charge in [0.2, 0.25) is 0 Å². The topological polar surface area (TPSA) is 89.6 Å². The van der Waals surface area contributed by atoms with Gasteiger partial charge >= 0.3 is 0 Å². The number of aromatic amines is 1. The van der Waals surface area contributed by atoms with Crippen LogP contribution in [0.1, 0.15) is 11.6 Å². The lowest BCUT2D eigenvalue weighted by atomic mass is 10.1. The monoisotopic (exact) mass is 497 g/mol. The molecule has 0 bridgehead atoms. The number of nitrogens with zero attached hydrogens (tertiary/aromatic N) is 4. The van der Waals surface area contributed by atoms with Crippen molar-refractivity contribution < 1.29 is 4.42 Å². The zero-order chi connectivity index (χ0) is 23.6. The average molecular weight is 498 g/mol. The molecule has 0 spiro atoms. The molecule has 1 N–H and O–H groups in total. The highest BCUT2D eigenvalue weighted by Crippen LogP contribution is 2.31. The molecule has 0 aliphatic rings. The Morgan fingerprint density at radius 3 is 2.46 bits per heavy atom. The van der Waals surface area contributed by atoms with Crippen LogP contribution in [0.15, 0.2) is 98.8 Å². The zero-order valence-electron chi connectivity index (χ0n) is 18.4. The van der Waals surface area contributed by atoms with Gasteiger partial charge in [0.05, 0.1) is 23.9 Å². The van der Waals surface area contributed by atoms with E-state index in [9.17, 15) is 4.79 Å². The van der Waals surface area contributed by atoms with E-state index in [0.29, 0.717) is 23.5 Å². The smallest absolute Gasteiger partial charge is 0.260 e. The van der Waals surface area contributed by atoms with E-state index >= 15 is 0 Å². The van der Waals surface area contributed by atoms with Crippen LogP contribution < -0.4 is 5.56 Å². The summed E-state index contributed by atoms with van der Waals surface area (Å²) in [6.07, 6.45) is 1.66. The molecule has 0 atom stereocenters. The van der Waals surface area contributed by atoms with Gasteiger partial charge in [-0.2, -0.15) is 0 Å². The van der Waals surface area contributed by atoms with Gasteiger partial charge in [-0.15, -0.1) is 21.5 Å². The van der Waals surface area contributed by atoms with Gasteiger partial charge in [0.1, 0.15) is 16.4 Å². The summed E-state index contributed by atoms with van der Waals surface area (Å²) < 4.78 is 7.60. The van der Waals surface area contributed by atoms with Crippen molar-refractivity contribution in [3.05, 3.63) is 106 Å². The summed E-state index contributed by atoms with van der Waals surface area (Å²) in [7, 11) is 0. The van der Waals surface area contributed by atoms with E-state index in [4.69, 9.17) is 9.40 Å². The SMILES string of the molecule is O=c1[nH]c(CSc2nnc(-c3ccccc3)n2Cc2ccco2)nc2scc(-c3ccccc3)c12. The number of hydrogen-bond acceptors (Lipinski definition) is 7. The summed E-state index contributed by atoms with van der Waals surface area (Å²) in [5.74, 6) is 2.62. The number of aromatic nitrogens is 5. The number of rotatable bonds is 7. The molecule has 0 radical (unpaired) electrons. The minimum absolute atomic E-state index is 0.132. The Hall–Kier alpha value is -3.95. The van der Waals surface area contributed by atoms with Crippen LogP contribution >= 0.6 is 23.1 Å². The minimum atomic E-state index is -0.132. The molecule has 0 aliphatic heterocycles. The third-order valence-electron chi connectivity index (χ3n) is 5.56. The van der Waals surface area contributed by atoms with Crippen LogP contribution in [-0.2, 0) is 12.3 Å². The van der Waals surface area contributed by atoms with E-state index in [2.05, 4.69) is 15.2 Å². The quantitative estimate of drug-likeness (QED) is 0.279. The maximum Gasteiger partial charge on any atom is 0.260 e. The standard InChI is InChI=1S/C26H19N5O2S2/c32-24-22-20(17-8-3-1-4-9-17)15-34-25(22)28-21(27-24)16-35-26-30-29-23(18-10-5-2-6-11-18)31(26)14-19-12-7-13-33-19/h1-13,15H,14,16H2,(H,27,28,32). The average Bonchev–Trinajstić information content (AvgIpc) is 3.65. The lowest BCUT2D eigenvalue weighted by Gasteiger charge is -2.09. The summed E-state index contributed by atoms with van der Waals surface area (Å²) in [5.41, 5.74) is 2.75. The number of hydrogen-bond donors (Lipinski definition) is 1. The molecule has 4 aromatic heterocycles. The third-order valence-corrected chi connectivity index (χ3v) is 7.41. The van der Waals surface area contributed by atoms with E-state index in [1.165, 1.54) is 23.1 Å². The van der Waals surface area contributed by atoms with E-state index in [1.807, 2.05) is 82.7 Å². The Bertz CT molecular complexity index is 1640. The molecule has 0 aliphatic carbocycles. The number of nitrogens with one attached hydrogen (secondary N) is 1. The molecule has 0 fully saturated rings. The second-order valence-electron chi connectivity index (χ2n) is 7.83. The van der Waals surface area contributed by atoms with Gasteiger partial charge in [0.15, 0.2) is 11.0 Å². The molecule has 4 heterocycles. The summed E-state index contributed by atoms with van der Waals surface area (Å²) in [4.78, 5) is 21.4. The Morgan fingerprint density at radius 1 is 0.943 bits per heavy atom. The highest BCUT2D eigenvalue weighted by Gasteiger charge is 2.17. The molecular weight excluding hydrogens is 478 g/mol. The Balaban J connectivity index is 1.31. The molecule has 6 aromatic rings. The van der Waals surface area contributed by atoms with Crippen LogP contribution in [0.2, 0.25) is 0 Å². The number of thiophene rings is 1. The fourth-order valence-corrected chi connectivity index (χ4v) is 5.70. The van der Waals surface area contributed by atoms with Gasteiger partial charge in [-0.1, -0.05) is 72.4 Å². The highest BCUT2D eigenvalue weighted by molar-refractivity contribution is 7.98. The number of furan rings is 1. The maximum absolute atomic E-state index is 13.0. The van der Waals surface area contributed by atoms with Gasteiger partial charge < -0.3 is 9.40 Å². The lowest BCUT2D eigenvalue weighted by molar-refractivity contribution is 0.485. The number of fused-ring (bicyclic) bond motifs is 1. The van der Waals surface area contributed by atoms with Crippen molar-refractivity contribution in [2.75, 3.05) is 0 Å². The van der Waals surface area contributed by atoms with Crippen molar-refractivity contribution in [2.24, 2.45) is 0 Å². The third kappa shape index (κ3) is 4.31. The van der Waals surface area contributed by atoms with Gasteiger partial charge in [-0.25, -0.2) is 4.98 Å². The van der Waals surface area contributed by atoms with Crippen molar-refractivity contribution in [1.82, 2.24) is 24.7 Å². The molecule has 172 valence electrons. The first-order valence-electron chi connectivity index (χ1n) is 11.0. The van der Waals surface area contributed by atoms with E-state index in [1.54, 1.807) is 6.26 Å². The van der Waals surface area contributed by atoms with Gasteiger partial charge in [-0.3, -0.25) is 9.36 Å². The zero-order valence-corrected chi connectivity index (χ0v) is 20.1. The Labute approximate surface area is 208 Å². The van der Waals surface area contributed by atoms with Crippen molar-refractivity contribution in [3.63, 3.8) is 0 Å². The second-order valence-corrected chi connectivity index (χ2v) is 9.64. The molecule has 0 saturated carbocycles. The fraction of sp³-hybridized carbons (Fsp3) is 0.0769. The largest absolute Gasteiger partial charge is 0.467 e. The number of benzene rings is 2. The predicted molar refractivity (Wildman–Crippen MR) is 139 cm³/mol. The first-order valence-corrected chi connectivity index (χ1v) is 12.8. The molecule has 0 unspecified atom stereocenters. The molecule has 2 aromatic carbocycles. The predicted octanol–water partition coefficient (Wildman–Crippen LogP) is 5.84. The summed E-state index contributed by atoms with van der Waals surface area (Å²) in [5, 5.41) is 12.2. The summed E-state index contributed by atoms with van der Waals surface area (Å²) in [6.45, 7) is 0.501. The van der Waals surface area contributed by atoms with Crippen molar-refractivity contribution in [2.45, 2.75) is 17.5 Å². The van der Waals surface area contributed by atoms with Gasteiger partial charge in [0.25, 0.3) is 5.56 Å². The summed E-state index contributed by atoms with van der Waals surface area (Å²) >= 11 is 2.96. The first kappa shape index (κ1) is 21.6. The highest BCUT2D eigenvalue weighted by atomic mass is 32.2. The Morgan fingerprint density at radius 2 is 1.71 bits per heavy atom. The molecular formula is C26H19N5O2S2. The second kappa shape index (κ2) is 9.36. The van der Waals surface area contributed by atoms with Crippen molar-refractivity contribution in [1.29, 1.82) is 0 Å². The first-order chi connectivity index (χ1) is 17.3. The molecule has 35 heavy (non-hydrogen) atoms. The number of thioether (sulfide) groups is 1. The van der Waals surface area contributed by atoms with E-state index < -0.39 is 0 Å². The molecule has 9 heteroatoms. The minimum Gasteiger partial charge on any atom is -0.467 e. The molecule has 0 saturated heterocycles. The van der Waals surface area contributed by atoms with Crippen LogP contribution in [0.25, 0.3) is 32.7 Å². The molecule has 0 amide bonds. The lowest BCUT2D eigenvalue weighted by Crippen LogP contribution is -2.11. The van der Waals surface area contributed by atoms with Crippen LogP contribution in [-0.4, -0.2) is 24.7 Å². The van der Waals surface area contributed by atoms with Crippen LogP contribution in [0.3, 0.4) is 0 Å². The molecule has 6 rings (SSSR count). The van der Waals surface area contributed by atoms with Crippen LogP contribution in [0.4, 0.5) is 0 Å². The molecule has 7 nitrogen and oxygen atoms in total. The Kier molecular flexibility index (Phi) is 5.77. The van der Waals surface area contributed by atoms with Crippen molar-refractivity contribution in [3.8, 4) is 22.5 Å². The van der Waals surface area contributed by atoms with Crippen molar-refractivity contribution >= 4 is 33.3 Å². The van der Waals surface area contributed by atoms with Gasteiger partial charge in [0, 0.05) is 16.5 Å². The van der Waals surface area contributed by atoms with Gasteiger partial charge in [-0.05, 0) is 17.7 Å². The summed E-state index contributed by atoms with van der Waals surface area (Å²) in [6, 6.07) is 23.6. The normalized spacial score (nSPS) is 11.3. The maximum atomic E-state index is 13.0. The van der Waals surface area contributed by atoms with Crippen LogP contribution in [0.5, 0.6) is 0 Å². The number of H-pyrrole nitrogens is 1. The van der Waals surface area contributed by atoms with Crippen LogP contribution in [0, 0.1) is 0 Å². The van der Waals surface area contributed by atoms with E-state index in [0.717, 1.165) is 38.3 Å².